The third-order valence-electron chi connectivity index (χ3n) is 3.61. The maximum absolute atomic E-state index is 12.1. The first kappa shape index (κ1) is 14.2. The summed E-state index contributed by atoms with van der Waals surface area (Å²) in [6.07, 6.45) is 3.39. The number of carbonyl (C=O) groups excluding carboxylic acids is 1. The van der Waals surface area contributed by atoms with Crippen LogP contribution in [0.3, 0.4) is 0 Å². The fraction of sp³-hybridized carbons (Fsp3) is 0.533. The van der Waals surface area contributed by atoms with E-state index in [0.717, 1.165) is 30.7 Å². The van der Waals surface area contributed by atoms with Crippen molar-refractivity contribution in [2.45, 2.75) is 39.2 Å². The van der Waals surface area contributed by atoms with E-state index in [9.17, 15) is 4.79 Å². The van der Waals surface area contributed by atoms with E-state index in [-0.39, 0.29) is 12.5 Å². The van der Waals surface area contributed by atoms with Gasteiger partial charge >= 0.3 is 0 Å². The minimum atomic E-state index is 0.0709. The second-order valence-electron chi connectivity index (χ2n) is 5.13. The van der Waals surface area contributed by atoms with Gasteiger partial charge in [-0.25, -0.2) is 0 Å². The molecule has 1 atom stereocenters. The molecule has 0 N–H and O–H groups in total. The second kappa shape index (κ2) is 6.29. The van der Waals surface area contributed by atoms with Gasteiger partial charge in [0.25, 0.3) is 5.91 Å². The van der Waals surface area contributed by atoms with Crippen molar-refractivity contribution in [2.75, 3.05) is 13.2 Å². The number of hydrogen-bond donors (Lipinski definition) is 0. The van der Waals surface area contributed by atoms with Crippen molar-refractivity contribution in [2.24, 2.45) is 0 Å². The van der Waals surface area contributed by atoms with Gasteiger partial charge in [-0.05, 0) is 56.9 Å². The van der Waals surface area contributed by atoms with Crippen LogP contribution in [0.2, 0.25) is 5.02 Å². The van der Waals surface area contributed by atoms with Crippen LogP contribution in [0.1, 0.15) is 31.7 Å². The lowest BCUT2D eigenvalue weighted by atomic mass is 10.0. The van der Waals surface area contributed by atoms with Gasteiger partial charge in [0.15, 0.2) is 6.61 Å². The van der Waals surface area contributed by atoms with E-state index < -0.39 is 0 Å². The highest BCUT2D eigenvalue weighted by atomic mass is 35.5. The maximum atomic E-state index is 12.1. The third kappa shape index (κ3) is 3.63. The summed E-state index contributed by atoms with van der Waals surface area (Å²) in [5, 5.41) is 0.681. The van der Waals surface area contributed by atoms with Gasteiger partial charge in [0.05, 0.1) is 0 Å². The summed E-state index contributed by atoms with van der Waals surface area (Å²) in [4.78, 5) is 14.1. The molecule has 0 aliphatic carbocycles. The molecule has 1 unspecified atom stereocenters. The highest BCUT2D eigenvalue weighted by Gasteiger charge is 2.23. The van der Waals surface area contributed by atoms with Crippen molar-refractivity contribution in [3.8, 4) is 5.75 Å². The average Bonchev–Trinajstić information content (AvgIpc) is 2.38. The molecule has 104 valence electrons. The number of aryl methyl sites for hydroxylation is 1. The normalized spacial score (nSPS) is 19.3. The van der Waals surface area contributed by atoms with Gasteiger partial charge in [-0.1, -0.05) is 11.6 Å². The Bertz CT molecular complexity index is 461. The van der Waals surface area contributed by atoms with Crippen molar-refractivity contribution < 1.29 is 9.53 Å². The number of likely N-dealkylation sites (tertiary alicyclic amines) is 1. The number of ether oxygens (including phenoxy) is 1. The summed E-state index contributed by atoms with van der Waals surface area (Å²) in [5.74, 6) is 0.795. The first-order valence-corrected chi connectivity index (χ1v) is 7.14. The Morgan fingerprint density at radius 3 is 2.95 bits per heavy atom. The largest absolute Gasteiger partial charge is 0.483 e. The van der Waals surface area contributed by atoms with E-state index in [0.29, 0.717) is 11.1 Å². The minimum Gasteiger partial charge on any atom is -0.483 e. The standard InChI is InChI=1S/C15H20ClNO2/c1-11-9-13(16)6-7-14(11)19-10-15(18)17-8-4-3-5-12(17)2/h6-7,9,12H,3-5,8,10H2,1-2H3. The molecule has 1 aliphatic heterocycles. The van der Waals surface area contributed by atoms with Crippen LogP contribution in [0, 0.1) is 6.92 Å². The molecule has 0 radical (unpaired) electrons. The molecule has 1 aromatic rings. The number of amides is 1. The van der Waals surface area contributed by atoms with Crippen LogP contribution in [0.25, 0.3) is 0 Å². The molecule has 1 saturated heterocycles. The van der Waals surface area contributed by atoms with Crippen molar-refractivity contribution in [3.63, 3.8) is 0 Å². The molecule has 1 fully saturated rings. The number of nitrogens with zero attached hydrogens (tertiary/aromatic N) is 1. The highest BCUT2D eigenvalue weighted by molar-refractivity contribution is 6.30. The topological polar surface area (TPSA) is 29.5 Å². The molecule has 3 nitrogen and oxygen atoms in total. The van der Waals surface area contributed by atoms with Crippen LogP contribution >= 0.6 is 11.6 Å². The molecule has 0 aromatic heterocycles. The number of piperidine rings is 1. The Hall–Kier alpha value is -1.22. The lowest BCUT2D eigenvalue weighted by molar-refractivity contribution is -0.136. The van der Waals surface area contributed by atoms with E-state index in [1.54, 1.807) is 6.07 Å². The van der Waals surface area contributed by atoms with Crippen molar-refractivity contribution in [1.29, 1.82) is 0 Å². The second-order valence-corrected chi connectivity index (χ2v) is 5.57. The van der Waals surface area contributed by atoms with Crippen LogP contribution in [-0.4, -0.2) is 30.0 Å². The van der Waals surface area contributed by atoms with Gasteiger partial charge in [-0.2, -0.15) is 0 Å². The number of hydrogen-bond acceptors (Lipinski definition) is 2. The summed E-state index contributed by atoms with van der Waals surface area (Å²) >= 11 is 5.89. The third-order valence-corrected chi connectivity index (χ3v) is 3.85. The molecular formula is C15H20ClNO2. The quantitative estimate of drug-likeness (QED) is 0.849. The fourth-order valence-corrected chi connectivity index (χ4v) is 2.69. The van der Waals surface area contributed by atoms with Crippen LogP contribution in [0.15, 0.2) is 18.2 Å². The first-order chi connectivity index (χ1) is 9.08. The molecule has 1 heterocycles. The molecule has 1 aromatic carbocycles. The summed E-state index contributed by atoms with van der Waals surface area (Å²) in [5.41, 5.74) is 0.951. The average molecular weight is 282 g/mol. The van der Waals surface area contributed by atoms with Gasteiger partial charge < -0.3 is 9.64 Å². The number of carbonyl (C=O) groups is 1. The van der Waals surface area contributed by atoms with Crippen molar-refractivity contribution >= 4 is 17.5 Å². The lowest BCUT2D eigenvalue weighted by Crippen LogP contribution is -2.44. The summed E-state index contributed by atoms with van der Waals surface area (Å²) in [6.45, 7) is 4.98. The van der Waals surface area contributed by atoms with Gasteiger partial charge in [-0.3, -0.25) is 4.79 Å². The first-order valence-electron chi connectivity index (χ1n) is 6.76. The van der Waals surface area contributed by atoms with Crippen LogP contribution < -0.4 is 4.74 Å². The number of benzene rings is 1. The predicted octanol–water partition coefficient (Wildman–Crippen LogP) is 3.43. The van der Waals surface area contributed by atoms with Gasteiger partial charge in [0.1, 0.15) is 5.75 Å². The molecule has 0 spiro atoms. The lowest BCUT2D eigenvalue weighted by Gasteiger charge is -2.33. The summed E-state index contributed by atoms with van der Waals surface area (Å²) in [7, 11) is 0. The zero-order valence-electron chi connectivity index (χ0n) is 11.5. The van der Waals surface area contributed by atoms with Crippen molar-refractivity contribution in [1.82, 2.24) is 4.90 Å². The van der Waals surface area contributed by atoms with E-state index in [1.807, 2.05) is 24.0 Å². The predicted molar refractivity (Wildman–Crippen MR) is 76.7 cm³/mol. The Morgan fingerprint density at radius 2 is 2.26 bits per heavy atom. The minimum absolute atomic E-state index is 0.0709. The molecule has 0 bridgehead atoms. The van der Waals surface area contributed by atoms with E-state index >= 15 is 0 Å². The Balaban J connectivity index is 1.92. The summed E-state index contributed by atoms with van der Waals surface area (Å²) in [6, 6.07) is 5.75. The van der Waals surface area contributed by atoms with Gasteiger partial charge in [0.2, 0.25) is 0 Å². The van der Waals surface area contributed by atoms with E-state index in [4.69, 9.17) is 16.3 Å². The Labute approximate surface area is 119 Å². The highest BCUT2D eigenvalue weighted by Crippen LogP contribution is 2.22. The maximum Gasteiger partial charge on any atom is 0.260 e. The van der Waals surface area contributed by atoms with Crippen LogP contribution in [0.4, 0.5) is 0 Å². The molecular weight excluding hydrogens is 262 g/mol. The Kier molecular flexibility index (Phi) is 4.70. The summed E-state index contributed by atoms with van der Waals surface area (Å²) < 4.78 is 5.61. The van der Waals surface area contributed by atoms with Crippen LogP contribution in [-0.2, 0) is 4.79 Å². The molecule has 4 heteroatoms. The SMILES string of the molecule is Cc1cc(Cl)ccc1OCC(=O)N1CCCCC1C. The zero-order chi connectivity index (χ0) is 13.8. The molecule has 19 heavy (non-hydrogen) atoms. The number of rotatable bonds is 3. The molecule has 2 rings (SSSR count). The van der Waals surface area contributed by atoms with E-state index in [1.165, 1.54) is 6.42 Å². The molecule has 1 amide bonds. The monoisotopic (exact) mass is 281 g/mol. The van der Waals surface area contributed by atoms with Gasteiger partial charge in [0, 0.05) is 17.6 Å². The fourth-order valence-electron chi connectivity index (χ4n) is 2.47. The zero-order valence-corrected chi connectivity index (χ0v) is 12.2. The molecule has 1 aliphatic rings. The van der Waals surface area contributed by atoms with Crippen LogP contribution in [0.5, 0.6) is 5.75 Å². The number of halogens is 1. The smallest absolute Gasteiger partial charge is 0.260 e. The van der Waals surface area contributed by atoms with Gasteiger partial charge in [-0.15, -0.1) is 0 Å². The van der Waals surface area contributed by atoms with E-state index in [2.05, 4.69) is 6.92 Å². The Morgan fingerprint density at radius 1 is 1.47 bits per heavy atom. The molecule has 0 saturated carbocycles. The van der Waals surface area contributed by atoms with Crippen molar-refractivity contribution in [3.05, 3.63) is 28.8 Å².